The van der Waals surface area contributed by atoms with Crippen molar-refractivity contribution in [2.24, 2.45) is 16.5 Å². The van der Waals surface area contributed by atoms with Crippen molar-refractivity contribution in [1.29, 1.82) is 0 Å². The Morgan fingerprint density at radius 3 is 2.39 bits per heavy atom. The van der Waals surface area contributed by atoms with E-state index in [1.165, 1.54) is 37.3 Å². The van der Waals surface area contributed by atoms with Crippen LogP contribution in [-0.2, 0) is 0 Å². The first kappa shape index (κ1) is 26.2. The molecule has 0 aromatic heterocycles. The summed E-state index contributed by atoms with van der Waals surface area (Å²) >= 11 is 0. The quantitative estimate of drug-likeness (QED) is 0.192. The topological polar surface area (TPSA) is 64.4 Å². The van der Waals surface area contributed by atoms with E-state index in [-0.39, 0.29) is 5.82 Å². The number of amidine groups is 1. The minimum Gasteiger partial charge on any atom is -0.403 e. The molecular formula is C27H38FN3. The molecule has 1 aromatic rings. The summed E-state index contributed by atoms with van der Waals surface area (Å²) in [5.41, 5.74) is 17.5. The summed E-state index contributed by atoms with van der Waals surface area (Å²) in [6.45, 7) is 15.2. The van der Waals surface area contributed by atoms with Gasteiger partial charge in [0.2, 0.25) is 0 Å². The molecule has 168 valence electrons. The smallest absolute Gasteiger partial charge is 0.126 e. The average Bonchev–Trinajstić information content (AvgIpc) is 3.15. The first-order chi connectivity index (χ1) is 14.6. The standard InChI is InChI=1S/C19H21FN2.C8H17N/c1-12(2)19(22-14(4)21)11-15-5-6-17(10-15)16-7-8-18(20)13(3)9-16;1-3-4-5-6-7-8(2)9/h5-9,11H,1,10H2,2-4H3,(H2,21,22);2-7,9H2,1H3/b19-11-;. The zero-order valence-electron chi connectivity index (χ0n) is 19.6. The van der Waals surface area contributed by atoms with Crippen molar-refractivity contribution in [1.82, 2.24) is 0 Å². The molecule has 0 saturated carbocycles. The van der Waals surface area contributed by atoms with Gasteiger partial charge in [0.15, 0.2) is 0 Å². The molecule has 31 heavy (non-hydrogen) atoms. The lowest BCUT2D eigenvalue weighted by molar-refractivity contribution is 0.618. The molecule has 0 bridgehead atoms. The van der Waals surface area contributed by atoms with E-state index >= 15 is 0 Å². The molecule has 0 amide bonds. The van der Waals surface area contributed by atoms with Gasteiger partial charge in [0.1, 0.15) is 5.82 Å². The van der Waals surface area contributed by atoms with Crippen molar-refractivity contribution in [2.45, 2.75) is 66.2 Å². The number of unbranched alkanes of at least 4 members (excludes halogenated alkanes) is 3. The van der Waals surface area contributed by atoms with Gasteiger partial charge in [-0.05, 0) is 86.1 Å². The SMILES string of the molecule is C=C(C)/C(=C/C1=CC=C(c2ccc(F)c(C)c2)C1)N=C(C)N.C=C(N)CCCCCC. The Morgan fingerprint density at radius 1 is 1.13 bits per heavy atom. The number of hydrogen-bond acceptors (Lipinski definition) is 2. The number of benzene rings is 1. The van der Waals surface area contributed by atoms with Crippen LogP contribution in [0, 0.1) is 12.7 Å². The van der Waals surface area contributed by atoms with Crippen LogP contribution >= 0.6 is 0 Å². The van der Waals surface area contributed by atoms with Crippen molar-refractivity contribution < 1.29 is 4.39 Å². The van der Waals surface area contributed by atoms with Gasteiger partial charge >= 0.3 is 0 Å². The Kier molecular flexibility index (Phi) is 11.3. The number of allylic oxidation sites excluding steroid dienone is 7. The van der Waals surface area contributed by atoms with Gasteiger partial charge in [-0.2, -0.15) is 0 Å². The van der Waals surface area contributed by atoms with Crippen LogP contribution in [0.15, 0.2) is 77.1 Å². The average molecular weight is 424 g/mol. The van der Waals surface area contributed by atoms with Crippen LogP contribution in [0.2, 0.25) is 0 Å². The second kappa shape index (κ2) is 13.4. The van der Waals surface area contributed by atoms with Crippen LogP contribution in [0.4, 0.5) is 4.39 Å². The third kappa shape index (κ3) is 10.1. The van der Waals surface area contributed by atoms with Gasteiger partial charge in [0.25, 0.3) is 0 Å². The van der Waals surface area contributed by atoms with Crippen molar-refractivity contribution >= 4 is 11.4 Å². The minimum atomic E-state index is -0.173. The van der Waals surface area contributed by atoms with Gasteiger partial charge in [-0.25, -0.2) is 9.38 Å². The van der Waals surface area contributed by atoms with Gasteiger partial charge in [-0.3, -0.25) is 0 Å². The third-order valence-corrected chi connectivity index (χ3v) is 4.83. The number of aliphatic imine (C=N–C) groups is 1. The predicted octanol–water partition coefficient (Wildman–Crippen LogP) is 7.11. The van der Waals surface area contributed by atoms with Crippen molar-refractivity contribution in [3.05, 3.63) is 89.1 Å². The van der Waals surface area contributed by atoms with Gasteiger partial charge in [0.05, 0.1) is 11.5 Å². The molecule has 1 aromatic carbocycles. The van der Waals surface area contributed by atoms with Crippen LogP contribution in [0.5, 0.6) is 0 Å². The Hall–Kier alpha value is -2.88. The van der Waals surface area contributed by atoms with Crippen LogP contribution in [0.1, 0.15) is 70.4 Å². The van der Waals surface area contributed by atoms with E-state index in [2.05, 4.69) is 37.2 Å². The Bertz CT molecular complexity index is 897. The molecule has 2 rings (SSSR count). The highest BCUT2D eigenvalue weighted by Gasteiger charge is 2.11. The molecule has 0 radical (unpaired) electrons. The Balaban J connectivity index is 0.000000452. The first-order valence-corrected chi connectivity index (χ1v) is 10.9. The maximum atomic E-state index is 13.4. The molecule has 4 heteroatoms. The molecule has 0 aliphatic heterocycles. The van der Waals surface area contributed by atoms with Gasteiger partial charge < -0.3 is 11.5 Å². The predicted molar refractivity (Wildman–Crippen MR) is 134 cm³/mol. The monoisotopic (exact) mass is 423 g/mol. The fraction of sp³-hybridized carbons (Fsp3) is 0.370. The molecule has 1 aliphatic rings. The number of halogens is 1. The molecule has 1 aliphatic carbocycles. The van der Waals surface area contributed by atoms with Crippen LogP contribution in [0.25, 0.3) is 5.57 Å². The molecule has 0 atom stereocenters. The van der Waals surface area contributed by atoms with E-state index in [9.17, 15) is 4.39 Å². The molecule has 0 spiro atoms. The van der Waals surface area contributed by atoms with Crippen LogP contribution in [-0.4, -0.2) is 5.84 Å². The molecule has 0 saturated heterocycles. The maximum Gasteiger partial charge on any atom is 0.126 e. The fourth-order valence-electron chi connectivity index (χ4n) is 3.08. The van der Waals surface area contributed by atoms with Gasteiger partial charge in [-0.15, -0.1) is 0 Å². The summed E-state index contributed by atoms with van der Waals surface area (Å²) in [5.74, 6) is 0.336. The summed E-state index contributed by atoms with van der Waals surface area (Å²) in [5, 5.41) is 0. The van der Waals surface area contributed by atoms with Crippen molar-refractivity contribution in [2.75, 3.05) is 0 Å². The third-order valence-electron chi connectivity index (χ3n) is 4.83. The largest absolute Gasteiger partial charge is 0.403 e. The lowest BCUT2D eigenvalue weighted by Gasteiger charge is -2.07. The van der Waals surface area contributed by atoms with Gasteiger partial charge in [0, 0.05) is 5.70 Å². The molecular weight excluding hydrogens is 385 g/mol. The maximum absolute atomic E-state index is 13.4. The minimum absolute atomic E-state index is 0.173. The van der Waals surface area contributed by atoms with E-state index in [4.69, 9.17) is 11.5 Å². The number of hydrogen-bond donors (Lipinski definition) is 2. The summed E-state index contributed by atoms with van der Waals surface area (Å²) < 4.78 is 13.4. The lowest BCUT2D eigenvalue weighted by atomic mass is 10.00. The summed E-state index contributed by atoms with van der Waals surface area (Å²) in [6.07, 6.45) is 13.0. The first-order valence-electron chi connectivity index (χ1n) is 10.9. The second-order valence-electron chi connectivity index (χ2n) is 8.11. The Labute approximate surface area is 187 Å². The zero-order chi connectivity index (χ0) is 23.4. The number of nitrogens with two attached hydrogens (primary N) is 2. The summed E-state index contributed by atoms with van der Waals surface area (Å²) in [4.78, 5) is 4.31. The molecule has 0 unspecified atom stereocenters. The highest BCUT2D eigenvalue weighted by Crippen LogP contribution is 2.31. The van der Waals surface area contributed by atoms with Crippen molar-refractivity contribution in [3.8, 4) is 0 Å². The van der Waals surface area contributed by atoms with E-state index in [1.807, 2.05) is 25.1 Å². The normalized spacial score (nSPS) is 13.8. The van der Waals surface area contributed by atoms with E-state index in [1.54, 1.807) is 13.8 Å². The highest BCUT2D eigenvalue weighted by molar-refractivity contribution is 5.79. The molecule has 4 N–H and O–H groups in total. The molecule has 3 nitrogen and oxygen atoms in total. The summed E-state index contributed by atoms with van der Waals surface area (Å²) in [7, 11) is 0. The fourth-order valence-corrected chi connectivity index (χ4v) is 3.08. The van der Waals surface area contributed by atoms with Gasteiger partial charge in [-0.1, -0.05) is 57.6 Å². The van der Waals surface area contributed by atoms with Crippen LogP contribution in [0.3, 0.4) is 0 Å². The molecule has 0 heterocycles. The van der Waals surface area contributed by atoms with E-state index in [0.29, 0.717) is 11.4 Å². The zero-order valence-corrected chi connectivity index (χ0v) is 19.6. The summed E-state index contributed by atoms with van der Waals surface area (Å²) in [6, 6.07) is 5.21. The van der Waals surface area contributed by atoms with Crippen LogP contribution < -0.4 is 11.5 Å². The highest BCUT2D eigenvalue weighted by atomic mass is 19.1. The van der Waals surface area contributed by atoms with E-state index in [0.717, 1.165) is 40.9 Å². The lowest BCUT2D eigenvalue weighted by Crippen LogP contribution is -2.05. The second-order valence-corrected chi connectivity index (χ2v) is 8.11. The number of aryl methyl sites for hydroxylation is 1. The Morgan fingerprint density at radius 2 is 1.84 bits per heavy atom. The number of rotatable bonds is 9. The number of nitrogens with zero attached hydrogens (tertiary/aromatic N) is 1. The molecule has 0 fully saturated rings. The van der Waals surface area contributed by atoms with E-state index < -0.39 is 0 Å². The van der Waals surface area contributed by atoms with Crippen molar-refractivity contribution in [3.63, 3.8) is 0 Å².